The molecule has 0 unspecified atom stereocenters. The van der Waals surface area contributed by atoms with E-state index in [4.69, 9.17) is 11.6 Å². The summed E-state index contributed by atoms with van der Waals surface area (Å²) >= 11 is 6.21. The number of hydrogen-bond donors (Lipinski definition) is 0. The number of amides is 1. The smallest absolute Gasteiger partial charge is 0.237 e. The largest absolute Gasteiger partial charge is 0.312 e. The minimum Gasteiger partial charge on any atom is -0.312 e. The Morgan fingerprint density at radius 2 is 2.00 bits per heavy atom. The van der Waals surface area contributed by atoms with Crippen molar-refractivity contribution in [2.75, 3.05) is 11.4 Å². The highest BCUT2D eigenvalue weighted by molar-refractivity contribution is 6.34. The quantitative estimate of drug-likeness (QED) is 0.757. The molecule has 1 amide bonds. The summed E-state index contributed by atoms with van der Waals surface area (Å²) in [5.74, 6) is 0.753. The van der Waals surface area contributed by atoms with Crippen molar-refractivity contribution in [3.05, 3.63) is 28.7 Å². The molecule has 4 nitrogen and oxygen atoms in total. The standard InChI is InChI=1S/C15H16ClN3O/c1-5-19-12-6-9-11(17-8(2)18-13(9)16)7-10(12)15(3,4)14(19)20/h6-7H,5H2,1-4H3. The Balaban J connectivity index is 2.38. The lowest BCUT2D eigenvalue weighted by molar-refractivity contribution is -0.122. The van der Waals surface area contributed by atoms with Crippen molar-refractivity contribution in [2.24, 2.45) is 0 Å². The number of aryl methyl sites for hydroxylation is 1. The maximum atomic E-state index is 12.5. The number of anilines is 1. The SMILES string of the molecule is CCN1C(=O)C(C)(C)c2cc3nc(C)nc(Cl)c3cc21. The molecule has 2 heterocycles. The van der Waals surface area contributed by atoms with Crippen LogP contribution in [-0.2, 0) is 10.2 Å². The molecule has 2 aromatic rings. The van der Waals surface area contributed by atoms with Gasteiger partial charge in [-0.15, -0.1) is 0 Å². The van der Waals surface area contributed by atoms with Gasteiger partial charge in [0.1, 0.15) is 11.0 Å². The molecule has 1 aromatic heterocycles. The molecule has 104 valence electrons. The molecular weight excluding hydrogens is 274 g/mol. The molecular formula is C15H16ClN3O. The number of likely N-dealkylation sites (N-methyl/N-ethyl adjacent to an activating group) is 1. The second-order valence-corrected chi connectivity index (χ2v) is 5.98. The first-order valence-corrected chi connectivity index (χ1v) is 7.04. The minimum absolute atomic E-state index is 0.117. The number of halogens is 1. The van der Waals surface area contributed by atoms with Gasteiger partial charge in [-0.2, -0.15) is 0 Å². The number of carbonyl (C=O) groups excluding carboxylic acids is 1. The fraction of sp³-hybridized carbons (Fsp3) is 0.400. The van der Waals surface area contributed by atoms with Gasteiger partial charge in [-0.05, 0) is 45.4 Å². The van der Waals surface area contributed by atoms with Crippen molar-refractivity contribution in [1.82, 2.24) is 9.97 Å². The Morgan fingerprint density at radius 3 is 2.65 bits per heavy atom. The second kappa shape index (κ2) is 4.16. The summed E-state index contributed by atoms with van der Waals surface area (Å²) in [4.78, 5) is 22.9. The zero-order chi connectivity index (χ0) is 14.7. The highest BCUT2D eigenvalue weighted by Gasteiger charge is 2.43. The number of aromatic nitrogens is 2. The lowest BCUT2D eigenvalue weighted by atomic mass is 9.86. The maximum Gasteiger partial charge on any atom is 0.237 e. The number of benzene rings is 1. The molecule has 20 heavy (non-hydrogen) atoms. The van der Waals surface area contributed by atoms with Gasteiger partial charge in [-0.25, -0.2) is 9.97 Å². The average molecular weight is 290 g/mol. The van der Waals surface area contributed by atoms with E-state index in [0.29, 0.717) is 17.5 Å². The highest BCUT2D eigenvalue weighted by Crippen LogP contribution is 2.43. The van der Waals surface area contributed by atoms with E-state index in [1.54, 1.807) is 4.90 Å². The van der Waals surface area contributed by atoms with E-state index >= 15 is 0 Å². The van der Waals surface area contributed by atoms with E-state index in [9.17, 15) is 4.79 Å². The molecule has 5 heteroatoms. The van der Waals surface area contributed by atoms with Crippen LogP contribution in [0.2, 0.25) is 5.15 Å². The zero-order valence-corrected chi connectivity index (χ0v) is 12.7. The molecule has 1 aromatic carbocycles. The van der Waals surface area contributed by atoms with Gasteiger partial charge < -0.3 is 4.90 Å². The first kappa shape index (κ1) is 13.3. The summed E-state index contributed by atoms with van der Waals surface area (Å²) in [6, 6.07) is 3.90. The summed E-state index contributed by atoms with van der Waals surface area (Å²) in [5.41, 5.74) is 2.20. The summed E-state index contributed by atoms with van der Waals surface area (Å²) in [7, 11) is 0. The van der Waals surface area contributed by atoms with Crippen molar-refractivity contribution in [1.29, 1.82) is 0 Å². The topological polar surface area (TPSA) is 46.1 Å². The first-order chi connectivity index (χ1) is 9.36. The molecule has 1 aliphatic heterocycles. The van der Waals surface area contributed by atoms with Crippen LogP contribution in [0.5, 0.6) is 0 Å². The summed E-state index contributed by atoms with van der Waals surface area (Å²) in [5, 5.41) is 1.23. The van der Waals surface area contributed by atoms with Gasteiger partial charge in [0, 0.05) is 17.6 Å². The number of fused-ring (bicyclic) bond motifs is 2. The van der Waals surface area contributed by atoms with Gasteiger partial charge in [-0.3, -0.25) is 4.79 Å². The van der Waals surface area contributed by atoms with Crippen LogP contribution in [0.1, 0.15) is 32.2 Å². The lowest BCUT2D eigenvalue weighted by Gasteiger charge is -2.18. The van der Waals surface area contributed by atoms with Gasteiger partial charge in [0.2, 0.25) is 5.91 Å². The Labute approximate surface area is 122 Å². The van der Waals surface area contributed by atoms with Crippen molar-refractivity contribution < 1.29 is 4.79 Å². The molecule has 0 saturated carbocycles. The molecule has 0 fully saturated rings. The molecule has 0 atom stereocenters. The van der Waals surface area contributed by atoms with Gasteiger partial charge in [-0.1, -0.05) is 11.6 Å². The van der Waals surface area contributed by atoms with Gasteiger partial charge in [0.15, 0.2) is 0 Å². The van der Waals surface area contributed by atoms with Crippen LogP contribution in [0, 0.1) is 6.92 Å². The van der Waals surface area contributed by atoms with Crippen LogP contribution in [0.15, 0.2) is 12.1 Å². The fourth-order valence-corrected chi connectivity index (χ4v) is 3.11. The first-order valence-electron chi connectivity index (χ1n) is 6.66. The summed E-state index contributed by atoms with van der Waals surface area (Å²) in [6.07, 6.45) is 0. The molecule has 1 aliphatic rings. The second-order valence-electron chi connectivity index (χ2n) is 5.62. The third-order valence-electron chi connectivity index (χ3n) is 3.94. The zero-order valence-electron chi connectivity index (χ0n) is 12.0. The molecule has 0 saturated heterocycles. The van der Waals surface area contributed by atoms with Crippen LogP contribution < -0.4 is 4.90 Å². The van der Waals surface area contributed by atoms with Crippen molar-refractivity contribution in [2.45, 2.75) is 33.1 Å². The number of nitrogens with zero attached hydrogens (tertiary/aromatic N) is 3. The molecule has 0 N–H and O–H groups in total. The van der Waals surface area contributed by atoms with E-state index in [1.807, 2.05) is 39.8 Å². The van der Waals surface area contributed by atoms with Gasteiger partial charge >= 0.3 is 0 Å². The Hall–Kier alpha value is -1.68. The van der Waals surface area contributed by atoms with Gasteiger partial charge in [0.05, 0.1) is 10.9 Å². The van der Waals surface area contributed by atoms with Crippen LogP contribution in [0.25, 0.3) is 10.9 Å². The van der Waals surface area contributed by atoms with Crippen LogP contribution in [0.4, 0.5) is 5.69 Å². The highest BCUT2D eigenvalue weighted by atomic mass is 35.5. The number of rotatable bonds is 1. The van der Waals surface area contributed by atoms with Crippen molar-refractivity contribution >= 4 is 34.1 Å². The normalized spacial score (nSPS) is 16.9. The van der Waals surface area contributed by atoms with E-state index in [0.717, 1.165) is 22.2 Å². The predicted octanol–water partition coefficient (Wildman–Crippen LogP) is 3.24. The van der Waals surface area contributed by atoms with E-state index in [-0.39, 0.29) is 5.91 Å². The van der Waals surface area contributed by atoms with E-state index in [2.05, 4.69) is 9.97 Å². The van der Waals surface area contributed by atoms with Crippen molar-refractivity contribution in [3.8, 4) is 0 Å². The molecule has 0 spiro atoms. The van der Waals surface area contributed by atoms with E-state index in [1.165, 1.54) is 0 Å². The monoisotopic (exact) mass is 289 g/mol. The van der Waals surface area contributed by atoms with Crippen LogP contribution >= 0.6 is 11.6 Å². The fourth-order valence-electron chi connectivity index (χ4n) is 2.84. The Morgan fingerprint density at radius 1 is 1.30 bits per heavy atom. The predicted molar refractivity (Wildman–Crippen MR) is 80.3 cm³/mol. The van der Waals surface area contributed by atoms with Gasteiger partial charge in [0.25, 0.3) is 0 Å². The minimum atomic E-state index is -0.523. The van der Waals surface area contributed by atoms with Crippen LogP contribution in [0.3, 0.4) is 0 Å². The maximum absolute atomic E-state index is 12.5. The van der Waals surface area contributed by atoms with Crippen LogP contribution in [-0.4, -0.2) is 22.4 Å². The summed E-state index contributed by atoms with van der Waals surface area (Å²) < 4.78 is 0. The number of carbonyl (C=O) groups is 1. The molecule has 0 bridgehead atoms. The Kier molecular flexibility index (Phi) is 2.77. The third-order valence-corrected chi connectivity index (χ3v) is 4.23. The van der Waals surface area contributed by atoms with Crippen molar-refractivity contribution in [3.63, 3.8) is 0 Å². The summed E-state index contributed by atoms with van der Waals surface area (Å²) in [6.45, 7) is 8.33. The Bertz CT molecular complexity index is 739. The molecule has 0 radical (unpaired) electrons. The molecule has 3 rings (SSSR count). The lowest BCUT2D eigenvalue weighted by Crippen LogP contribution is -2.35. The molecule has 0 aliphatic carbocycles. The third kappa shape index (κ3) is 1.64. The average Bonchev–Trinajstić information content (AvgIpc) is 2.56. The van der Waals surface area contributed by atoms with E-state index < -0.39 is 5.41 Å². The number of hydrogen-bond acceptors (Lipinski definition) is 3.